The molecule has 1 aromatic carbocycles. The molecule has 1 atom stereocenters. The van der Waals surface area contributed by atoms with E-state index in [0.717, 1.165) is 0 Å². The maximum atomic E-state index is 9.99. The number of aromatic nitrogens is 2. The summed E-state index contributed by atoms with van der Waals surface area (Å²) >= 11 is 0. The number of ether oxygens (including phenoxy) is 1. The molecule has 7 N–H and O–H groups in total. The molecule has 1 heterocycles. The fraction of sp³-hybridized carbons (Fsp3) is 0.308. The first-order valence-corrected chi connectivity index (χ1v) is 6.40. The van der Waals surface area contributed by atoms with Crippen LogP contribution in [0, 0.1) is 0 Å². The third-order valence-electron chi connectivity index (χ3n) is 3.21. The lowest BCUT2D eigenvalue weighted by Gasteiger charge is -2.22. The Bertz CT molecular complexity index is 683. The van der Waals surface area contributed by atoms with E-state index in [0.29, 0.717) is 0 Å². The Morgan fingerprint density at radius 1 is 1.00 bits per heavy atom. The van der Waals surface area contributed by atoms with Crippen LogP contribution in [-0.4, -0.2) is 58.4 Å². The number of aryl methyl sites for hydroxylation is 1. The molecule has 0 aliphatic heterocycles. The minimum absolute atomic E-state index is 0.265. The number of phenols is 5. The van der Waals surface area contributed by atoms with Gasteiger partial charge in [-0.2, -0.15) is 5.10 Å². The highest BCUT2D eigenvalue weighted by atomic mass is 16.5. The molecule has 0 amide bonds. The molecular weight excluding hydrogens is 312 g/mol. The summed E-state index contributed by atoms with van der Waals surface area (Å²) in [6.07, 6.45) is -1.77. The van der Waals surface area contributed by atoms with Crippen molar-refractivity contribution in [1.29, 1.82) is 0 Å². The van der Waals surface area contributed by atoms with Gasteiger partial charge in [0, 0.05) is 13.2 Å². The molecule has 1 unspecified atom stereocenters. The largest absolute Gasteiger partial charge is 0.504 e. The van der Waals surface area contributed by atoms with E-state index in [2.05, 4.69) is 5.10 Å². The molecule has 2 rings (SSSR count). The van der Waals surface area contributed by atoms with E-state index in [1.54, 1.807) is 0 Å². The van der Waals surface area contributed by atoms with Gasteiger partial charge >= 0.3 is 0 Å². The SMILES string of the molecule is Cn1nccc1C(OCC(O)O)c1c(O)c(O)c(O)c(O)c1O. The summed E-state index contributed by atoms with van der Waals surface area (Å²) in [5.41, 5.74) is -0.206. The van der Waals surface area contributed by atoms with Crippen LogP contribution in [0.2, 0.25) is 0 Å². The fourth-order valence-corrected chi connectivity index (χ4v) is 2.09. The van der Waals surface area contributed by atoms with Gasteiger partial charge in [-0.25, -0.2) is 0 Å². The van der Waals surface area contributed by atoms with Gasteiger partial charge in [-0.15, -0.1) is 0 Å². The predicted molar refractivity (Wildman–Crippen MR) is 74.0 cm³/mol. The van der Waals surface area contributed by atoms with Crippen molar-refractivity contribution in [1.82, 2.24) is 9.78 Å². The molecule has 10 heteroatoms. The standard InChI is InChI=1S/C13H16N2O8/c1-15-5(2-3-14-15)13(23-4-6(16)17)7-8(18)10(20)12(22)11(21)9(7)19/h2-3,6,13,16-22H,4H2,1H3. The lowest BCUT2D eigenvalue weighted by atomic mass is 10.0. The van der Waals surface area contributed by atoms with E-state index in [9.17, 15) is 25.5 Å². The Balaban J connectivity index is 2.63. The summed E-state index contributed by atoms with van der Waals surface area (Å²) in [4.78, 5) is 0. The van der Waals surface area contributed by atoms with E-state index in [1.807, 2.05) is 0 Å². The Kier molecular flexibility index (Phi) is 4.50. The zero-order valence-corrected chi connectivity index (χ0v) is 11.9. The number of hydrogen-bond acceptors (Lipinski definition) is 9. The number of aliphatic hydroxyl groups is 2. The molecule has 2 aromatic rings. The van der Waals surface area contributed by atoms with Crippen LogP contribution >= 0.6 is 0 Å². The van der Waals surface area contributed by atoms with Crippen molar-refractivity contribution in [2.75, 3.05) is 6.61 Å². The van der Waals surface area contributed by atoms with Gasteiger partial charge in [0.25, 0.3) is 0 Å². The fourth-order valence-electron chi connectivity index (χ4n) is 2.09. The Labute approximate surface area is 129 Å². The zero-order chi connectivity index (χ0) is 17.3. The molecule has 0 fully saturated rings. The van der Waals surface area contributed by atoms with E-state index < -0.39 is 53.3 Å². The average Bonchev–Trinajstić information content (AvgIpc) is 2.92. The first-order chi connectivity index (χ1) is 10.8. The minimum atomic E-state index is -1.84. The van der Waals surface area contributed by atoms with Gasteiger partial charge in [0.1, 0.15) is 6.10 Å². The topological polar surface area (TPSA) is 169 Å². The summed E-state index contributed by atoms with van der Waals surface area (Å²) in [6.45, 7) is -0.600. The molecule has 126 valence electrons. The summed E-state index contributed by atoms with van der Waals surface area (Å²) in [5, 5.41) is 70.5. The Morgan fingerprint density at radius 3 is 1.96 bits per heavy atom. The molecule has 0 saturated heterocycles. The summed E-state index contributed by atoms with van der Waals surface area (Å²) in [7, 11) is 1.52. The van der Waals surface area contributed by atoms with Crippen LogP contribution in [0.25, 0.3) is 0 Å². The van der Waals surface area contributed by atoms with Gasteiger partial charge in [-0.1, -0.05) is 0 Å². The highest BCUT2D eigenvalue weighted by molar-refractivity contribution is 5.68. The van der Waals surface area contributed by atoms with Crippen molar-refractivity contribution >= 4 is 0 Å². The molecule has 0 radical (unpaired) electrons. The first kappa shape index (κ1) is 16.7. The van der Waals surface area contributed by atoms with E-state index in [1.165, 1.54) is 24.0 Å². The second-order valence-electron chi connectivity index (χ2n) is 4.73. The third kappa shape index (κ3) is 2.95. The molecule has 0 spiro atoms. The summed E-state index contributed by atoms with van der Waals surface area (Å²) in [5.74, 6) is -5.09. The zero-order valence-electron chi connectivity index (χ0n) is 11.9. The number of rotatable bonds is 5. The maximum Gasteiger partial charge on any atom is 0.208 e. The van der Waals surface area contributed by atoms with Gasteiger partial charge < -0.3 is 40.5 Å². The van der Waals surface area contributed by atoms with Crippen molar-refractivity contribution in [3.05, 3.63) is 23.5 Å². The molecule has 23 heavy (non-hydrogen) atoms. The Hall–Kier alpha value is -2.69. The monoisotopic (exact) mass is 328 g/mol. The second-order valence-corrected chi connectivity index (χ2v) is 4.73. The normalized spacial score (nSPS) is 12.7. The molecule has 1 aromatic heterocycles. The molecule has 0 aliphatic carbocycles. The van der Waals surface area contributed by atoms with Gasteiger partial charge in [0.15, 0.2) is 17.8 Å². The van der Waals surface area contributed by atoms with Gasteiger partial charge in [0.2, 0.25) is 17.2 Å². The molecule has 0 bridgehead atoms. The van der Waals surface area contributed by atoms with Crippen LogP contribution in [0.4, 0.5) is 0 Å². The van der Waals surface area contributed by atoms with Crippen molar-refractivity contribution in [3.8, 4) is 28.7 Å². The lowest BCUT2D eigenvalue weighted by molar-refractivity contribution is -0.108. The van der Waals surface area contributed by atoms with Crippen molar-refractivity contribution in [2.24, 2.45) is 7.05 Å². The van der Waals surface area contributed by atoms with Crippen LogP contribution in [0.5, 0.6) is 28.7 Å². The maximum absolute atomic E-state index is 9.99. The number of hydrogen-bond donors (Lipinski definition) is 7. The van der Waals surface area contributed by atoms with Crippen molar-refractivity contribution < 1.29 is 40.5 Å². The number of aromatic hydroxyl groups is 5. The number of aliphatic hydroxyl groups excluding tert-OH is 1. The number of phenolic OH excluding ortho intramolecular Hbond substituents is 5. The quantitative estimate of drug-likeness (QED) is 0.214. The first-order valence-electron chi connectivity index (χ1n) is 6.40. The second kappa shape index (κ2) is 6.20. The van der Waals surface area contributed by atoms with Crippen LogP contribution in [0.1, 0.15) is 17.4 Å². The lowest BCUT2D eigenvalue weighted by Crippen LogP contribution is -2.19. The van der Waals surface area contributed by atoms with Crippen LogP contribution < -0.4 is 0 Å². The van der Waals surface area contributed by atoms with E-state index in [-0.39, 0.29) is 5.69 Å². The van der Waals surface area contributed by atoms with Gasteiger partial charge in [-0.3, -0.25) is 4.68 Å². The molecule has 0 aliphatic rings. The molecule has 0 saturated carbocycles. The van der Waals surface area contributed by atoms with Crippen LogP contribution in [-0.2, 0) is 11.8 Å². The number of nitrogens with zero attached hydrogens (tertiary/aromatic N) is 2. The number of benzene rings is 1. The molecular formula is C13H16N2O8. The van der Waals surface area contributed by atoms with E-state index >= 15 is 0 Å². The van der Waals surface area contributed by atoms with Crippen molar-refractivity contribution in [2.45, 2.75) is 12.4 Å². The third-order valence-corrected chi connectivity index (χ3v) is 3.21. The van der Waals surface area contributed by atoms with Crippen LogP contribution in [0.3, 0.4) is 0 Å². The predicted octanol–water partition coefficient (Wildman–Crippen LogP) is -0.635. The van der Waals surface area contributed by atoms with Crippen LogP contribution in [0.15, 0.2) is 12.3 Å². The summed E-state index contributed by atoms with van der Waals surface area (Å²) < 4.78 is 6.56. The minimum Gasteiger partial charge on any atom is -0.504 e. The average molecular weight is 328 g/mol. The Morgan fingerprint density at radius 2 is 1.52 bits per heavy atom. The highest BCUT2D eigenvalue weighted by Gasteiger charge is 2.32. The highest BCUT2D eigenvalue weighted by Crippen LogP contribution is 2.54. The van der Waals surface area contributed by atoms with Gasteiger partial charge in [0.05, 0.1) is 17.9 Å². The van der Waals surface area contributed by atoms with Gasteiger partial charge in [-0.05, 0) is 6.07 Å². The van der Waals surface area contributed by atoms with Crippen molar-refractivity contribution in [3.63, 3.8) is 0 Å². The summed E-state index contributed by atoms with van der Waals surface area (Å²) in [6, 6.07) is 1.45. The van der Waals surface area contributed by atoms with E-state index in [4.69, 9.17) is 14.9 Å². The molecule has 10 nitrogen and oxygen atoms in total. The smallest absolute Gasteiger partial charge is 0.208 e.